The maximum Gasteiger partial charge on any atom is 0.631 e. The van der Waals surface area contributed by atoms with Crippen molar-refractivity contribution in [1.29, 1.82) is 0 Å². The molecule has 0 amide bonds. The minimum atomic E-state index is -2.17. The van der Waals surface area contributed by atoms with Gasteiger partial charge in [0.15, 0.2) is 0 Å². The van der Waals surface area contributed by atoms with E-state index in [2.05, 4.69) is 5.32 Å². The van der Waals surface area contributed by atoms with Crippen LogP contribution in [0.15, 0.2) is 0 Å². The first kappa shape index (κ1) is 31.2. The Bertz CT molecular complexity index is 80.9. The maximum atomic E-state index is 7.17. The van der Waals surface area contributed by atoms with Gasteiger partial charge in [0.1, 0.15) is 0 Å². The number of nitrogens with one attached hydrogen (secondary N) is 1. The molecule has 0 saturated carbocycles. The van der Waals surface area contributed by atoms with Gasteiger partial charge in [0.05, 0.1) is 0 Å². The lowest BCUT2D eigenvalue weighted by molar-refractivity contribution is 0.276. The zero-order valence-electron chi connectivity index (χ0n) is 10.2. The van der Waals surface area contributed by atoms with Crippen LogP contribution in [0, 0.1) is 0 Å². The van der Waals surface area contributed by atoms with Crippen LogP contribution in [0.5, 0.6) is 0 Å². The van der Waals surface area contributed by atoms with Gasteiger partial charge in [-0.3, -0.25) is 0 Å². The Morgan fingerprint density at radius 3 is 0.421 bits per heavy atom. The predicted molar refractivity (Wildman–Crippen MR) is 64.6 cm³/mol. The molecule has 0 bridgehead atoms. The van der Waals surface area contributed by atoms with E-state index < -0.39 is 29.3 Å². The van der Waals surface area contributed by atoms with Gasteiger partial charge in [-0.1, -0.05) is 0 Å². The molecule has 116 valence electrons. The normalized spacial score (nSPS) is 6.63. The first-order chi connectivity index (χ1) is 8.34. The summed E-state index contributed by atoms with van der Waals surface area (Å²) in [4.78, 5) is 0. The number of rotatable bonds is 0. The van der Waals surface area contributed by atoms with E-state index in [1.165, 1.54) is 0 Å². The second-order valence-electron chi connectivity index (χ2n) is 1.89. The molecule has 0 spiro atoms. The van der Waals surface area contributed by atoms with Crippen LogP contribution >= 0.6 is 0 Å². The van der Waals surface area contributed by atoms with E-state index in [1.807, 2.05) is 14.1 Å². The second kappa shape index (κ2) is 30.6. The molecule has 0 heterocycles. The van der Waals surface area contributed by atoms with Crippen LogP contribution in [0.1, 0.15) is 0 Å². The van der Waals surface area contributed by atoms with E-state index in [9.17, 15) is 0 Å². The molecule has 19 heavy (non-hydrogen) atoms. The van der Waals surface area contributed by atoms with Gasteiger partial charge >= 0.3 is 29.3 Å². The summed E-state index contributed by atoms with van der Waals surface area (Å²) < 4.78 is 0. The molecule has 0 unspecified atom stereocenters. The highest BCUT2D eigenvalue weighted by molar-refractivity contribution is 6.31. The van der Waals surface area contributed by atoms with Crippen LogP contribution in [-0.2, 0) is 0 Å². The third-order valence-corrected chi connectivity index (χ3v) is 0. The minimum Gasteiger partial charge on any atom is -0.402 e. The van der Waals surface area contributed by atoms with E-state index in [0.717, 1.165) is 0 Å². The first-order valence-electron chi connectivity index (χ1n) is 4.10. The molecular weight excluding hydrogens is 273 g/mol. The molecule has 0 aromatic carbocycles. The van der Waals surface area contributed by atoms with Gasteiger partial charge in [-0.05, 0) is 14.1 Å². The Morgan fingerprint density at radius 2 is 0.421 bits per heavy atom. The molecule has 13 N–H and O–H groups in total. The Morgan fingerprint density at radius 1 is 0.421 bits per heavy atom. The molecule has 0 aliphatic carbocycles. The summed E-state index contributed by atoms with van der Waals surface area (Å²) in [5.74, 6) is 0. The molecule has 17 heteroatoms. The van der Waals surface area contributed by atoms with Crippen molar-refractivity contribution in [2.24, 2.45) is 0 Å². The number of hydrogen-bond acceptors (Lipinski definition) is 13. The molecule has 0 atom stereocenters. The lowest BCUT2D eigenvalue weighted by Crippen LogP contribution is -2.07. The quantitative estimate of drug-likeness (QED) is 0.185. The second-order valence-corrected chi connectivity index (χ2v) is 1.89. The minimum absolute atomic E-state index is 1.88. The van der Waals surface area contributed by atoms with Crippen molar-refractivity contribution < 1.29 is 60.3 Å². The molecule has 0 radical (unpaired) electrons. The molecule has 13 nitrogen and oxygen atoms in total. The maximum absolute atomic E-state index is 7.17. The van der Waals surface area contributed by atoms with E-state index in [1.54, 1.807) is 0 Å². The van der Waals surface area contributed by atoms with E-state index >= 15 is 0 Å². The summed E-state index contributed by atoms with van der Waals surface area (Å²) >= 11 is 0. The molecule has 0 aliphatic rings. The average molecular weight is 292 g/mol. The Balaban J connectivity index is -0.0000000432. The summed E-state index contributed by atoms with van der Waals surface area (Å²) in [6.07, 6.45) is 0. The molecule has 0 fully saturated rings. The van der Waals surface area contributed by atoms with Gasteiger partial charge in [-0.25, -0.2) is 0 Å². The van der Waals surface area contributed by atoms with Gasteiger partial charge in [-0.15, -0.1) is 0 Å². The van der Waals surface area contributed by atoms with E-state index in [4.69, 9.17) is 60.3 Å². The molecule has 0 saturated heterocycles. The van der Waals surface area contributed by atoms with Crippen molar-refractivity contribution in [3.05, 3.63) is 0 Å². The van der Waals surface area contributed by atoms with Crippen LogP contribution < -0.4 is 5.32 Å². The third kappa shape index (κ3) is 64900. The summed E-state index contributed by atoms with van der Waals surface area (Å²) in [5.41, 5.74) is 0. The summed E-state index contributed by atoms with van der Waals surface area (Å²) in [7, 11) is -4.92. The molecule has 0 aromatic heterocycles. The van der Waals surface area contributed by atoms with E-state index in [-0.39, 0.29) is 0 Å². The van der Waals surface area contributed by atoms with Crippen molar-refractivity contribution in [2.45, 2.75) is 0 Å². The molecule has 0 aliphatic heterocycles. The zero-order valence-corrected chi connectivity index (χ0v) is 10.2. The van der Waals surface area contributed by atoms with Crippen molar-refractivity contribution >= 4 is 29.3 Å². The smallest absolute Gasteiger partial charge is 0.402 e. The van der Waals surface area contributed by atoms with Crippen LogP contribution in [0.4, 0.5) is 0 Å². The monoisotopic (exact) mass is 293 g/mol. The van der Waals surface area contributed by atoms with Crippen LogP contribution in [0.25, 0.3) is 0 Å². The third-order valence-electron chi connectivity index (χ3n) is 0. The Kier molecular flexibility index (Phi) is 50.4. The fourth-order valence-electron chi connectivity index (χ4n) is 0. The van der Waals surface area contributed by atoms with Crippen molar-refractivity contribution in [3.63, 3.8) is 0 Å². The fraction of sp³-hybridized carbons (Fsp3) is 1.00. The van der Waals surface area contributed by atoms with Crippen LogP contribution in [0.2, 0.25) is 0 Å². The molecular formula is C2H19B4NO12. The molecule has 0 rings (SSSR count). The summed E-state index contributed by atoms with van der Waals surface area (Å²) in [6, 6.07) is 0. The number of hydrogen-bond donors (Lipinski definition) is 13. The van der Waals surface area contributed by atoms with Crippen molar-refractivity contribution in [1.82, 2.24) is 5.32 Å². The van der Waals surface area contributed by atoms with Crippen molar-refractivity contribution in [2.75, 3.05) is 14.1 Å². The first-order valence-corrected chi connectivity index (χ1v) is 4.10. The predicted octanol–water partition coefficient (Wildman–Crippen LogP) is -8.37. The summed E-state index contributed by atoms with van der Waals surface area (Å²) in [6.45, 7) is 0. The van der Waals surface area contributed by atoms with E-state index in [0.29, 0.717) is 0 Å². The zero-order chi connectivity index (χ0) is 17.0. The van der Waals surface area contributed by atoms with Gasteiger partial charge < -0.3 is 65.6 Å². The van der Waals surface area contributed by atoms with Gasteiger partial charge in [-0.2, -0.15) is 0 Å². The highest BCUT2D eigenvalue weighted by Crippen LogP contribution is 1.41. The van der Waals surface area contributed by atoms with Gasteiger partial charge in [0.2, 0.25) is 0 Å². The highest BCUT2D eigenvalue weighted by Gasteiger charge is 1.93. The van der Waals surface area contributed by atoms with Gasteiger partial charge in [0.25, 0.3) is 0 Å². The highest BCUT2D eigenvalue weighted by atomic mass is 16.5. The largest absolute Gasteiger partial charge is 0.631 e. The lowest BCUT2D eigenvalue weighted by Gasteiger charge is -1.69. The van der Waals surface area contributed by atoms with Crippen LogP contribution in [-0.4, -0.2) is 104 Å². The SMILES string of the molecule is CNC.OB(O)O.OB(O)O.OB(O)O.OB(O)O. The Hall–Kier alpha value is -0.260. The average Bonchev–Trinajstić information content (AvgIpc) is 1.97. The standard InChI is InChI=1S/C2H7N.4BH3O3/c1-3-2;4*2-1(3)4/h3H,1-2H3;4*2-4H. The summed E-state index contributed by atoms with van der Waals surface area (Å²) in [5, 5.41) is 88.8. The Labute approximate surface area is 110 Å². The fourth-order valence-corrected chi connectivity index (χ4v) is 0. The van der Waals surface area contributed by atoms with Crippen LogP contribution in [0.3, 0.4) is 0 Å². The lowest BCUT2D eigenvalue weighted by atomic mass is 10.3. The molecule has 0 aromatic rings. The van der Waals surface area contributed by atoms with Gasteiger partial charge in [0, 0.05) is 0 Å². The van der Waals surface area contributed by atoms with Crippen molar-refractivity contribution in [3.8, 4) is 0 Å². The topological polar surface area (TPSA) is 255 Å².